The Morgan fingerprint density at radius 3 is 2.78 bits per heavy atom. The highest BCUT2D eigenvalue weighted by Gasteiger charge is 1.79. The van der Waals surface area contributed by atoms with Crippen LogP contribution in [0.1, 0.15) is 13.3 Å². The first kappa shape index (κ1) is 9.40. The van der Waals surface area contributed by atoms with Gasteiger partial charge in [0.2, 0.25) is 0 Å². The third-order valence-corrected chi connectivity index (χ3v) is 1.96. The van der Waals surface area contributed by atoms with Crippen molar-refractivity contribution >= 4 is 16.5 Å². The monoisotopic (exact) mass is 163 g/mol. The summed E-state index contributed by atoms with van der Waals surface area (Å²) < 4.78 is 0. The molecule has 0 aliphatic rings. The van der Waals surface area contributed by atoms with E-state index in [-0.39, 0.29) is 7.61 Å². The summed E-state index contributed by atoms with van der Waals surface area (Å²) >= 11 is 0. The molecule has 0 fully saturated rings. The van der Waals surface area contributed by atoms with Crippen molar-refractivity contribution in [3.05, 3.63) is 12.0 Å². The van der Waals surface area contributed by atoms with Crippen LogP contribution in [0.3, 0.4) is 0 Å². The molecule has 0 amide bonds. The molecule has 1 unspecified atom stereocenters. The quantitative estimate of drug-likeness (QED) is 0.495. The largest absolute Gasteiger partial charge is 0.391 e. The van der Waals surface area contributed by atoms with Crippen LogP contribution in [0.4, 0.5) is 0 Å². The highest BCUT2D eigenvalue weighted by atomic mass is 32.0. The van der Waals surface area contributed by atoms with Gasteiger partial charge < -0.3 is 5.32 Å². The summed E-state index contributed by atoms with van der Waals surface area (Å²) in [5.74, 6) is 2.19. The molecular formula is C6H15NP2. The summed E-state index contributed by atoms with van der Waals surface area (Å²) in [6.45, 7) is 5.45. The Balaban J connectivity index is 3.04. The van der Waals surface area contributed by atoms with Crippen LogP contribution in [-0.2, 0) is 0 Å². The van der Waals surface area contributed by atoms with E-state index in [1.165, 1.54) is 6.42 Å². The third-order valence-electron chi connectivity index (χ3n) is 0.822. The van der Waals surface area contributed by atoms with Crippen molar-refractivity contribution in [1.29, 1.82) is 0 Å². The topological polar surface area (TPSA) is 12.0 Å². The van der Waals surface area contributed by atoms with Gasteiger partial charge in [0.15, 0.2) is 0 Å². The highest BCUT2D eigenvalue weighted by molar-refractivity contribution is 8.14. The fraction of sp³-hybridized carbons (Fsp3) is 0.667. The minimum Gasteiger partial charge on any atom is -0.391 e. The number of nitrogens with one attached hydrogen (secondary N) is 1. The molecule has 0 aromatic heterocycles. The number of rotatable bonds is 4. The standard InChI is InChI=1S/C6H15NP2/c1-3-4-7-5-6-9(2)8/h5-7H,3-4,8H2,1-2H3/t9-/m1/s1. The second kappa shape index (κ2) is 6.52. The van der Waals surface area contributed by atoms with E-state index in [0.29, 0.717) is 0 Å². The minimum atomic E-state index is 0.0565. The van der Waals surface area contributed by atoms with E-state index in [9.17, 15) is 0 Å². The normalized spacial score (nSPS) is 14.1. The Morgan fingerprint density at radius 1 is 1.67 bits per heavy atom. The fourth-order valence-corrected chi connectivity index (χ4v) is 0.997. The fourth-order valence-electron chi connectivity index (χ4n) is 0.398. The lowest BCUT2D eigenvalue weighted by Crippen LogP contribution is -2.04. The molecule has 0 heterocycles. The summed E-state index contributed by atoms with van der Waals surface area (Å²) in [5.41, 5.74) is 0. The van der Waals surface area contributed by atoms with Gasteiger partial charge in [0.1, 0.15) is 0 Å². The molecule has 0 rings (SSSR count). The van der Waals surface area contributed by atoms with Gasteiger partial charge in [-0.2, -0.15) is 0 Å². The van der Waals surface area contributed by atoms with Crippen LogP contribution in [0.5, 0.6) is 0 Å². The van der Waals surface area contributed by atoms with Crippen LogP contribution in [-0.4, -0.2) is 13.2 Å². The molecule has 0 saturated heterocycles. The van der Waals surface area contributed by atoms with E-state index < -0.39 is 0 Å². The van der Waals surface area contributed by atoms with Crippen molar-refractivity contribution in [2.75, 3.05) is 13.2 Å². The molecular weight excluding hydrogens is 148 g/mol. The maximum absolute atomic E-state index is 3.19. The summed E-state index contributed by atoms with van der Waals surface area (Å²) in [6.07, 6.45) is 3.24. The molecule has 2 atom stereocenters. The molecule has 1 nitrogen and oxygen atoms in total. The molecule has 3 heteroatoms. The van der Waals surface area contributed by atoms with Gasteiger partial charge in [0.05, 0.1) is 0 Å². The van der Waals surface area contributed by atoms with E-state index in [2.05, 4.69) is 33.7 Å². The van der Waals surface area contributed by atoms with E-state index in [0.717, 1.165) is 6.54 Å². The Hall–Kier alpha value is 0.400. The molecule has 0 radical (unpaired) electrons. The molecule has 0 bridgehead atoms. The minimum absolute atomic E-state index is 0.0565. The molecule has 0 aromatic carbocycles. The average Bonchev–Trinajstić information content (AvgIpc) is 1.80. The van der Waals surface area contributed by atoms with E-state index >= 15 is 0 Å². The molecule has 0 saturated carbocycles. The summed E-state index contributed by atoms with van der Waals surface area (Å²) in [6, 6.07) is 0. The second-order valence-corrected chi connectivity index (χ2v) is 6.01. The van der Waals surface area contributed by atoms with Crippen LogP contribution in [0, 0.1) is 0 Å². The number of hydrogen-bond donors (Lipinski definition) is 1. The summed E-state index contributed by atoms with van der Waals surface area (Å²) in [5, 5.41) is 3.19. The molecule has 1 N–H and O–H groups in total. The van der Waals surface area contributed by atoms with Crippen molar-refractivity contribution in [1.82, 2.24) is 5.32 Å². The Morgan fingerprint density at radius 2 is 2.33 bits per heavy atom. The van der Waals surface area contributed by atoms with E-state index in [1.807, 2.05) is 6.20 Å². The van der Waals surface area contributed by atoms with Gasteiger partial charge in [0.25, 0.3) is 0 Å². The Labute approximate surface area is 61.1 Å². The molecule has 0 spiro atoms. The van der Waals surface area contributed by atoms with Gasteiger partial charge in [-0.1, -0.05) is 14.5 Å². The zero-order chi connectivity index (χ0) is 7.11. The lowest BCUT2D eigenvalue weighted by atomic mass is 10.5. The Bertz CT molecular complexity index is 81.1. The molecule has 9 heavy (non-hydrogen) atoms. The molecule has 54 valence electrons. The summed E-state index contributed by atoms with van der Waals surface area (Å²) in [7, 11) is 2.84. The van der Waals surface area contributed by atoms with Crippen LogP contribution >= 0.6 is 16.5 Å². The van der Waals surface area contributed by atoms with Gasteiger partial charge >= 0.3 is 0 Å². The van der Waals surface area contributed by atoms with Crippen molar-refractivity contribution in [2.45, 2.75) is 13.3 Å². The van der Waals surface area contributed by atoms with Gasteiger partial charge in [-0.05, 0) is 25.1 Å². The lowest BCUT2D eigenvalue weighted by Gasteiger charge is -1.96. The average molecular weight is 163 g/mol. The van der Waals surface area contributed by atoms with Gasteiger partial charge in [-0.15, -0.1) is 8.93 Å². The smallest absolute Gasteiger partial charge is 0.0138 e. The predicted molar refractivity (Wildman–Crippen MR) is 50.0 cm³/mol. The van der Waals surface area contributed by atoms with Crippen LogP contribution in [0.15, 0.2) is 12.0 Å². The molecule has 0 aliphatic carbocycles. The van der Waals surface area contributed by atoms with Crippen molar-refractivity contribution in [3.8, 4) is 0 Å². The van der Waals surface area contributed by atoms with Gasteiger partial charge in [-0.3, -0.25) is 0 Å². The van der Waals surface area contributed by atoms with Crippen molar-refractivity contribution in [2.24, 2.45) is 0 Å². The Kier molecular flexibility index (Phi) is 6.81. The van der Waals surface area contributed by atoms with Gasteiger partial charge in [0, 0.05) is 6.54 Å². The SMILES string of the molecule is CCCNC=C[P@@](C)P. The van der Waals surface area contributed by atoms with Crippen molar-refractivity contribution < 1.29 is 0 Å². The van der Waals surface area contributed by atoms with E-state index in [4.69, 9.17) is 0 Å². The third kappa shape index (κ3) is 8.40. The van der Waals surface area contributed by atoms with Gasteiger partial charge in [-0.25, -0.2) is 0 Å². The first-order chi connectivity index (χ1) is 4.27. The predicted octanol–water partition coefficient (Wildman–Crippen LogP) is 2.36. The molecule has 0 aliphatic heterocycles. The second-order valence-electron chi connectivity index (χ2n) is 1.94. The summed E-state index contributed by atoms with van der Waals surface area (Å²) in [4.78, 5) is 0. The first-order valence-corrected chi connectivity index (χ1v) is 6.62. The maximum Gasteiger partial charge on any atom is 0.0138 e. The molecule has 0 aromatic rings. The van der Waals surface area contributed by atoms with Crippen LogP contribution in [0.25, 0.3) is 0 Å². The first-order valence-electron chi connectivity index (χ1n) is 3.15. The zero-order valence-corrected chi connectivity index (χ0v) is 8.14. The van der Waals surface area contributed by atoms with Crippen LogP contribution in [0.2, 0.25) is 0 Å². The zero-order valence-electron chi connectivity index (χ0n) is 6.09. The highest BCUT2D eigenvalue weighted by Crippen LogP contribution is 2.40. The maximum atomic E-state index is 3.19. The van der Waals surface area contributed by atoms with Crippen molar-refractivity contribution in [3.63, 3.8) is 0 Å². The lowest BCUT2D eigenvalue weighted by molar-refractivity contribution is 0.810. The van der Waals surface area contributed by atoms with E-state index in [1.54, 1.807) is 0 Å². The number of hydrogen-bond acceptors (Lipinski definition) is 1. The van der Waals surface area contributed by atoms with Crippen LogP contribution < -0.4 is 5.32 Å².